The van der Waals surface area contributed by atoms with Crippen LogP contribution in [0.1, 0.15) is 119 Å². The van der Waals surface area contributed by atoms with Gasteiger partial charge in [0.1, 0.15) is 0 Å². The lowest BCUT2D eigenvalue weighted by molar-refractivity contribution is 0.00578. The van der Waals surface area contributed by atoms with Crippen LogP contribution in [0.5, 0.6) is 0 Å². The Balaban J connectivity index is 2.00. The van der Waals surface area contributed by atoms with Crippen LogP contribution in [0.15, 0.2) is 48.5 Å². The van der Waals surface area contributed by atoms with Crippen LogP contribution in [0.2, 0.25) is 0 Å². The van der Waals surface area contributed by atoms with Crippen LogP contribution in [-0.4, -0.2) is 36.6 Å². The molecule has 2 fully saturated rings. The Kier molecular flexibility index (Phi) is 7.67. The minimum Gasteiger partial charge on any atom is -0.399 e. The quantitative estimate of drug-likeness (QED) is 0.286. The molecule has 0 amide bonds. The van der Waals surface area contributed by atoms with Gasteiger partial charge in [0.2, 0.25) is 0 Å². The normalized spacial score (nSPS) is 22.4. The van der Waals surface area contributed by atoms with Gasteiger partial charge in [-0.1, -0.05) is 90.1 Å². The van der Waals surface area contributed by atoms with E-state index in [1.807, 2.05) is 0 Å². The molecule has 2 aliphatic rings. The molecule has 0 spiro atoms. The van der Waals surface area contributed by atoms with Gasteiger partial charge in [0, 0.05) is 0 Å². The summed E-state index contributed by atoms with van der Waals surface area (Å²) < 4.78 is 26.9. The van der Waals surface area contributed by atoms with E-state index >= 15 is 0 Å². The molecular formula is C34H50B2O4. The van der Waals surface area contributed by atoms with Crippen molar-refractivity contribution in [3.8, 4) is 0 Å². The lowest BCUT2D eigenvalue weighted by Crippen LogP contribution is -2.41. The lowest BCUT2D eigenvalue weighted by atomic mass is 9.60. The highest BCUT2D eigenvalue weighted by molar-refractivity contribution is 6.82. The molecule has 2 saturated heterocycles. The first-order chi connectivity index (χ1) is 18.1. The maximum Gasteiger partial charge on any atom is 0.495 e. The summed E-state index contributed by atoms with van der Waals surface area (Å²) in [6.45, 7) is 30.2. The van der Waals surface area contributed by atoms with Gasteiger partial charge < -0.3 is 18.6 Å². The predicted molar refractivity (Wildman–Crippen MR) is 169 cm³/mol. The summed E-state index contributed by atoms with van der Waals surface area (Å²) >= 11 is 0. The van der Waals surface area contributed by atoms with Crippen molar-refractivity contribution in [2.24, 2.45) is 0 Å². The zero-order valence-corrected chi connectivity index (χ0v) is 27.4. The fourth-order valence-corrected chi connectivity index (χ4v) is 5.06. The number of rotatable bonds is 4. The summed E-state index contributed by atoms with van der Waals surface area (Å²) in [5.41, 5.74) is 4.63. The van der Waals surface area contributed by atoms with Gasteiger partial charge in [-0.25, -0.2) is 0 Å². The molecule has 4 nitrogen and oxygen atoms in total. The second-order valence-corrected chi connectivity index (χ2v) is 15.7. The molecular weight excluding hydrogens is 494 g/mol. The topological polar surface area (TPSA) is 36.9 Å². The average Bonchev–Trinajstić information content (AvgIpc) is 3.15. The summed E-state index contributed by atoms with van der Waals surface area (Å²) in [5.74, 6) is 0. The van der Waals surface area contributed by atoms with E-state index < -0.39 is 36.6 Å². The zero-order valence-electron chi connectivity index (χ0n) is 27.4. The molecule has 2 aromatic carbocycles. The van der Waals surface area contributed by atoms with Gasteiger partial charge >= 0.3 is 14.2 Å². The van der Waals surface area contributed by atoms with Crippen molar-refractivity contribution in [1.29, 1.82) is 0 Å². The monoisotopic (exact) mass is 544 g/mol. The molecule has 0 saturated carbocycles. The molecule has 0 N–H and O–H groups in total. The van der Waals surface area contributed by atoms with Gasteiger partial charge in [-0.15, -0.1) is 0 Å². The van der Waals surface area contributed by atoms with Crippen LogP contribution in [-0.2, 0) is 29.4 Å². The smallest absolute Gasteiger partial charge is 0.399 e. The molecule has 216 valence electrons. The van der Waals surface area contributed by atoms with Crippen molar-refractivity contribution in [1.82, 2.24) is 0 Å². The Morgan fingerprint density at radius 3 is 0.875 bits per heavy atom. The van der Waals surface area contributed by atoms with Crippen LogP contribution in [0.25, 0.3) is 10.9 Å². The molecule has 40 heavy (non-hydrogen) atoms. The van der Waals surface area contributed by atoms with E-state index in [9.17, 15) is 0 Å². The largest absolute Gasteiger partial charge is 0.495 e. The van der Waals surface area contributed by atoms with Gasteiger partial charge in [-0.2, -0.15) is 0 Å². The molecule has 6 heteroatoms. The van der Waals surface area contributed by atoms with Crippen molar-refractivity contribution in [3.05, 3.63) is 70.8 Å². The lowest BCUT2D eigenvalue weighted by Gasteiger charge is -2.32. The third-order valence-electron chi connectivity index (χ3n) is 9.39. The molecule has 0 radical (unpaired) electrons. The van der Waals surface area contributed by atoms with E-state index in [2.05, 4.69) is 145 Å². The Morgan fingerprint density at radius 1 is 0.450 bits per heavy atom. The Bertz CT molecular complexity index is 1130. The third-order valence-corrected chi connectivity index (χ3v) is 9.39. The minimum absolute atomic E-state index is 0.0457. The molecule has 4 rings (SSSR count). The van der Waals surface area contributed by atoms with Crippen molar-refractivity contribution in [2.75, 3.05) is 0 Å². The zero-order chi connectivity index (χ0) is 30.1. The Hall–Kier alpha value is -1.85. The SMILES string of the molecule is CC(C)(C)c1ccc(/C(B2OC(C)(C)C(C)(C)O2)=C(\B2OC(C)(C)C(C)(C)O2)c2ccc(C(C)(C)C)cc2)cc1. The third kappa shape index (κ3) is 5.75. The van der Waals surface area contributed by atoms with Crippen molar-refractivity contribution < 1.29 is 18.6 Å². The molecule has 0 aliphatic carbocycles. The first-order valence-electron chi connectivity index (χ1n) is 14.7. The Morgan fingerprint density at radius 2 is 0.675 bits per heavy atom. The predicted octanol–water partition coefficient (Wildman–Crippen LogP) is 8.46. The second-order valence-electron chi connectivity index (χ2n) is 15.7. The second kappa shape index (κ2) is 9.87. The van der Waals surface area contributed by atoms with E-state index in [1.54, 1.807) is 0 Å². The van der Waals surface area contributed by atoms with Crippen LogP contribution < -0.4 is 0 Å². The summed E-state index contributed by atoms with van der Waals surface area (Å²) in [6, 6.07) is 17.6. The van der Waals surface area contributed by atoms with Gasteiger partial charge in [-0.3, -0.25) is 0 Å². The van der Waals surface area contributed by atoms with E-state index in [0.717, 1.165) is 22.1 Å². The maximum absolute atomic E-state index is 6.73. The number of hydrogen-bond donors (Lipinski definition) is 0. The number of benzene rings is 2. The molecule has 2 aliphatic heterocycles. The highest BCUT2D eigenvalue weighted by Crippen LogP contribution is 2.47. The Labute approximate surface area is 244 Å². The summed E-state index contributed by atoms with van der Waals surface area (Å²) in [7, 11) is -1.19. The fourth-order valence-electron chi connectivity index (χ4n) is 5.06. The van der Waals surface area contributed by atoms with E-state index in [-0.39, 0.29) is 10.8 Å². The van der Waals surface area contributed by atoms with Crippen molar-refractivity contribution in [2.45, 2.75) is 130 Å². The average molecular weight is 544 g/mol. The first-order valence-corrected chi connectivity index (χ1v) is 14.7. The standard InChI is InChI=1S/C34H50B2O4/c1-29(2,3)25-19-15-23(16-20-25)27(35-37-31(7,8)32(9,10)38-35)28(36-39-33(11,12)34(13,14)40-36)24-17-21-26(22-18-24)30(4,5)6/h15-22H,1-14H3/b28-27+. The van der Waals surface area contributed by atoms with Crippen LogP contribution >= 0.6 is 0 Å². The van der Waals surface area contributed by atoms with Crippen LogP contribution in [0, 0.1) is 0 Å². The summed E-state index contributed by atoms with van der Waals surface area (Å²) in [6.07, 6.45) is 0. The highest BCUT2D eigenvalue weighted by Gasteiger charge is 2.57. The molecule has 0 aromatic heterocycles. The van der Waals surface area contributed by atoms with Crippen molar-refractivity contribution in [3.63, 3.8) is 0 Å². The van der Waals surface area contributed by atoms with Gasteiger partial charge in [-0.05, 0) is 99.4 Å². The van der Waals surface area contributed by atoms with Crippen molar-refractivity contribution >= 4 is 25.2 Å². The maximum atomic E-state index is 6.73. The van der Waals surface area contributed by atoms with Gasteiger partial charge in [0.25, 0.3) is 0 Å². The molecule has 0 unspecified atom stereocenters. The molecule has 0 bridgehead atoms. The number of hydrogen-bond acceptors (Lipinski definition) is 4. The summed E-state index contributed by atoms with van der Waals surface area (Å²) in [4.78, 5) is 0. The van der Waals surface area contributed by atoms with E-state index in [0.29, 0.717) is 0 Å². The summed E-state index contributed by atoms with van der Waals surface area (Å²) in [5, 5.41) is 0. The first kappa shape index (κ1) is 31.1. The fraction of sp³-hybridized carbons (Fsp3) is 0.588. The molecule has 0 atom stereocenters. The van der Waals surface area contributed by atoms with Gasteiger partial charge in [0.15, 0.2) is 0 Å². The minimum atomic E-state index is -0.596. The van der Waals surface area contributed by atoms with Crippen LogP contribution in [0.3, 0.4) is 0 Å². The highest BCUT2D eigenvalue weighted by atomic mass is 16.7. The molecule has 2 aromatic rings. The van der Waals surface area contributed by atoms with Crippen LogP contribution in [0.4, 0.5) is 0 Å². The van der Waals surface area contributed by atoms with E-state index in [4.69, 9.17) is 18.6 Å². The van der Waals surface area contributed by atoms with E-state index in [1.165, 1.54) is 11.1 Å². The van der Waals surface area contributed by atoms with Gasteiger partial charge in [0.05, 0.1) is 22.4 Å². The molecule has 2 heterocycles.